The molecule has 5 heteroatoms. The predicted octanol–water partition coefficient (Wildman–Crippen LogP) is 8.08. The Labute approximate surface area is 204 Å². The average Bonchev–Trinajstić information content (AvgIpc) is 2.86. The van der Waals surface area contributed by atoms with E-state index in [-0.39, 0.29) is 29.3 Å². The van der Waals surface area contributed by atoms with Crippen LogP contribution in [0.5, 0.6) is 5.75 Å². The van der Waals surface area contributed by atoms with E-state index in [1.807, 2.05) is 0 Å². The molecule has 2 N–H and O–H groups in total. The summed E-state index contributed by atoms with van der Waals surface area (Å²) in [6.07, 6.45) is 7.83. The van der Waals surface area contributed by atoms with Crippen LogP contribution in [0, 0.1) is 23.4 Å². The Hall–Kier alpha value is -3.05. The predicted molar refractivity (Wildman–Crippen MR) is 134 cm³/mol. The molecule has 184 valence electrons. The topological polar surface area (TPSA) is 40.5 Å². The summed E-state index contributed by atoms with van der Waals surface area (Å²) in [4.78, 5) is 0. The van der Waals surface area contributed by atoms with Crippen molar-refractivity contribution < 1.29 is 23.4 Å². The third kappa shape index (κ3) is 5.79. The zero-order valence-corrected chi connectivity index (χ0v) is 19.9. The summed E-state index contributed by atoms with van der Waals surface area (Å²) >= 11 is 0. The van der Waals surface area contributed by atoms with Crippen molar-refractivity contribution in [1.82, 2.24) is 0 Å². The largest absolute Gasteiger partial charge is 0.508 e. The number of halogens is 3. The Balaban J connectivity index is 1.44. The summed E-state index contributed by atoms with van der Waals surface area (Å²) in [5.74, 6) is -2.07. The SMILES string of the molecule is CCCC(O)C1CCC(c2ccc(/C=C/c3ccc(-c4ccc(O)cc4F)cc3)c(F)c2F)CC1. The van der Waals surface area contributed by atoms with Crippen LogP contribution in [0.3, 0.4) is 0 Å². The van der Waals surface area contributed by atoms with Crippen LogP contribution in [0.1, 0.15) is 68.1 Å². The van der Waals surface area contributed by atoms with Gasteiger partial charge in [-0.25, -0.2) is 13.2 Å². The third-order valence-corrected chi connectivity index (χ3v) is 7.11. The molecule has 0 heterocycles. The van der Waals surface area contributed by atoms with Crippen molar-refractivity contribution in [2.24, 2.45) is 5.92 Å². The van der Waals surface area contributed by atoms with Gasteiger partial charge in [0.2, 0.25) is 0 Å². The molecule has 0 amide bonds. The molecule has 2 nitrogen and oxygen atoms in total. The molecule has 1 aliphatic rings. The second kappa shape index (κ2) is 11.1. The van der Waals surface area contributed by atoms with E-state index in [2.05, 4.69) is 6.92 Å². The molecule has 3 aromatic carbocycles. The maximum absolute atomic E-state index is 14.9. The van der Waals surface area contributed by atoms with Crippen LogP contribution in [-0.4, -0.2) is 16.3 Å². The standard InChI is InChI=1S/C30H31F3O2/c1-2-3-28(35)22-12-10-21(11-13-22)26-16-14-23(29(32)30(26)33)9-6-19-4-7-20(8-5-19)25-17-15-24(34)18-27(25)31/h4-9,14-18,21-22,28,34-35H,2-3,10-13H2,1H3/b9-6+. The highest BCUT2D eigenvalue weighted by Crippen LogP contribution is 2.39. The molecule has 1 atom stereocenters. The Kier molecular flexibility index (Phi) is 7.97. The molecule has 1 saturated carbocycles. The third-order valence-electron chi connectivity index (χ3n) is 7.11. The van der Waals surface area contributed by atoms with E-state index in [9.17, 15) is 23.4 Å². The summed E-state index contributed by atoms with van der Waals surface area (Å²) in [6.45, 7) is 2.05. The van der Waals surface area contributed by atoms with Gasteiger partial charge in [-0.15, -0.1) is 0 Å². The minimum Gasteiger partial charge on any atom is -0.508 e. The maximum Gasteiger partial charge on any atom is 0.166 e. The van der Waals surface area contributed by atoms with Crippen LogP contribution in [0.15, 0.2) is 54.6 Å². The van der Waals surface area contributed by atoms with Gasteiger partial charge in [-0.05, 0) is 72.8 Å². The highest BCUT2D eigenvalue weighted by Gasteiger charge is 2.29. The van der Waals surface area contributed by atoms with E-state index in [0.717, 1.165) is 50.2 Å². The van der Waals surface area contributed by atoms with Gasteiger partial charge in [0.15, 0.2) is 11.6 Å². The highest BCUT2D eigenvalue weighted by atomic mass is 19.2. The number of aromatic hydroxyl groups is 1. The van der Waals surface area contributed by atoms with Crippen LogP contribution in [-0.2, 0) is 0 Å². The molecular formula is C30H31F3O2. The molecule has 0 bridgehead atoms. The molecule has 1 fully saturated rings. The van der Waals surface area contributed by atoms with Gasteiger partial charge < -0.3 is 10.2 Å². The number of rotatable bonds is 7. The lowest BCUT2D eigenvalue weighted by Gasteiger charge is -2.32. The highest BCUT2D eigenvalue weighted by molar-refractivity contribution is 5.72. The molecule has 35 heavy (non-hydrogen) atoms. The molecule has 0 radical (unpaired) electrons. The molecule has 0 saturated heterocycles. The van der Waals surface area contributed by atoms with E-state index >= 15 is 0 Å². The lowest BCUT2D eigenvalue weighted by Crippen LogP contribution is -2.25. The summed E-state index contributed by atoms with van der Waals surface area (Å²) in [5.41, 5.74) is 2.38. The molecule has 4 rings (SSSR count). The first kappa shape index (κ1) is 25.1. The normalized spacial score (nSPS) is 19.2. The number of aliphatic hydroxyl groups is 1. The summed E-state index contributed by atoms with van der Waals surface area (Å²) in [7, 11) is 0. The average molecular weight is 481 g/mol. The second-order valence-electron chi connectivity index (χ2n) is 9.46. The van der Waals surface area contributed by atoms with Gasteiger partial charge in [-0.2, -0.15) is 0 Å². The quantitative estimate of drug-likeness (QED) is 0.336. The molecule has 1 aliphatic carbocycles. The van der Waals surface area contributed by atoms with Crippen LogP contribution in [0.25, 0.3) is 23.3 Å². The van der Waals surface area contributed by atoms with Crippen molar-refractivity contribution in [1.29, 1.82) is 0 Å². The van der Waals surface area contributed by atoms with Gasteiger partial charge in [0, 0.05) is 17.2 Å². The number of aliphatic hydroxyl groups excluding tert-OH is 1. The Morgan fingerprint density at radius 3 is 2.26 bits per heavy atom. The summed E-state index contributed by atoms with van der Waals surface area (Å²) in [6, 6.07) is 14.3. The number of benzene rings is 3. The van der Waals surface area contributed by atoms with Gasteiger partial charge in [0.1, 0.15) is 11.6 Å². The van der Waals surface area contributed by atoms with E-state index in [4.69, 9.17) is 0 Å². The van der Waals surface area contributed by atoms with E-state index in [0.29, 0.717) is 16.7 Å². The number of phenolic OH excluding ortho intramolecular Hbond substituents is 1. The molecule has 3 aromatic rings. The van der Waals surface area contributed by atoms with Gasteiger partial charge in [0.25, 0.3) is 0 Å². The van der Waals surface area contributed by atoms with Crippen LogP contribution < -0.4 is 0 Å². The smallest absolute Gasteiger partial charge is 0.166 e. The van der Waals surface area contributed by atoms with Gasteiger partial charge in [-0.3, -0.25) is 0 Å². The van der Waals surface area contributed by atoms with Crippen molar-refractivity contribution in [3.8, 4) is 16.9 Å². The van der Waals surface area contributed by atoms with E-state index in [1.54, 1.807) is 42.5 Å². The van der Waals surface area contributed by atoms with E-state index in [1.165, 1.54) is 18.2 Å². The van der Waals surface area contributed by atoms with Crippen LogP contribution in [0.4, 0.5) is 13.2 Å². The fourth-order valence-corrected chi connectivity index (χ4v) is 5.07. The van der Waals surface area contributed by atoms with Crippen molar-refractivity contribution >= 4 is 12.2 Å². The molecule has 0 aliphatic heterocycles. The lowest BCUT2D eigenvalue weighted by molar-refractivity contribution is 0.0727. The van der Waals surface area contributed by atoms with E-state index < -0.39 is 17.5 Å². The Morgan fingerprint density at radius 2 is 1.60 bits per heavy atom. The second-order valence-corrected chi connectivity index (χ2v) is 9.46. The van der Waals surface area contributed by atoms with Crippen LogP contribution >= 0.6 is 0 Å². The minimum absolute atomic E-state index is 0.0274. The molecule has 1 unspecified atom stereocenters. The zero-order chi connectivity index (χ0) is 24.9. The van der Waals surface area contributed by atoms with Crippen molar-refractivity contribution in [2.75, 3.05) is 0 Å². The molecule has 0 aromatic heterocycles. The zero-order valence-electron chi connectivity index (χ0n) is 19.9. The molecular weight excluding hydrogens is 449 g/mol. The monoisotopic (exact) mass is 480 g/mol. The van der Waals surface area contributed by atoms with Crippen molar-refractivity contribution in [3.63, 3.8) is 0 Å². The number of hydrogen-bond donors (Lipinski definition) is 2. The maximum atomic E-state index is 14.9. The van der Waals surface area contributed by atoms with Gasteiger partial charge in [0.05, 0.1) is 6.10 Å². The fraction of sp³-hybridized carbons (Fsp3) is 0.333. The lowest BCUT2D eigenvalue weighted by atomic mass is 9.76. The number of hydrogen-bond acceptors (Lipinski definition) is 2. The Morgan fingerprint density at radius 1 is 0.886 bits per heavy atom. The van der Waals surface area contributed by atoms with Crippen LogP contribution in [0.2, 0.25) is 0 Å². The summed E-state index contributed by atoms with van der Waals surface area (Å²) in [5, 5.41) is 19.6. The first-order chi connectivity index (χ1) is 16.9. The molecule has 0 spiro atoms. The Bertz CT molecular complexity index is 1180. The minimum atomic E-state index is -0.852. The van der Waals surface area contributed by atoms with Gasteiger partial charge >= 0.3 is 0 Å². The van der Waals surface area contributed by atoms with Crippen molar-refractivity contribution in [2.45, 2.75) is 57.5 Å². The fourth-order valence-electron chi connectivity index (χ4n) is 5.07. The van der Waals surface area contributed by atoms with Crippen molar-refractivity contribution in [3.05, 3.63) is 88.7 Å². The first-order valence-corrected chi connectivity index (χ1v) is 12.3. The number of phenols is 1. The summed E-state index contributed by atoms with van der Waals surface area (Å²) < 4.78 is 43.9. The first-order valence-electron chi connectivity index (χ1n) is 12.3. The van der Waals surface area contributed by atoms with Gasteiger partial charge in [-0.1, -0.05) is 61.9 Å².